The summed E-state index contributed by atoms with van der Waals surface area (Å²) in [6, 6.07) is 6.25. The van der Waals surface area contributed by atoms with Gasteiger partial charge in [-0.1, -0.05) is 14.4 Å². The van der Waals surface area contributed by atoms with Crippen LogP contribution in [0.25, 0.3) is 0 Å². The Morgan fingerprint density at radius 1 is 1.29 bits per heavy atom. The van der Waals surface area contributed by atoms with E-state index in [2.05, 4.69) is 11.8 Å². The van der Waals surface area contributed by atoms with Gasteiger partial charge >= 0.3 is 0 Å². The number of nitro groups is 1. The van der Waals surface area contributed by atoms with Crippen LogP contribution in [-0.4, -0.2) is 36.1 Å². The number of likely N-dealkylation sites (tertiary alicyclic amines) is 1. The minimum Gasteiger partial charge on any atom is -0.494 e. The third-order valence-corrected chi connectivity index (χ3v) is 3.81. The molecule has 5 heteroatoms. The summed E-state index contributed by atoms with van der Waals surface area (Å²) in [6.07, 6.45) is 3.58. The van der Waals surface area contributed by atoms with Gasteiger partial charge in [-0.3, -0.25) is 10.1 Å². The normalized spacial score (nSPS) is 16.2. The monoisotopic (exact) mass is 294 g/mol. The molecule has 1 fully saturated rings. The van der Waals surface area contributed by atoms with Crippen molar-refractivity contribution >= 4 is 5.69 Å². The highest BCUT2D eigenvalue weighted by Gasteiger charge is 2.14. The average Bonchev–Trinajstić information content (AvgIpc) is 2.46. The van der Waals surface area contributed by atoms with Crippen molar-refractivity contribution in [3.63, 3.8) is 0 Å². The Kier molecular flexibility index (Phi) is 7.15. The van der Waals surface area contributed by atoms with Crippen molar-refractivity contribution in [3.05, 3.63) is 34.4 Å². The fraction of sp³-hybridized carbons (Fsp3) is 0.625. The molecule has 1 aliphatic rings. The van der Waals surface area contributed by atoms with E-state index in [0.29, 0.717) is 12.4 Å². The Hall–Kier alpha value is -1.62. The second-order valence-electron chi connectivity index (χ2n) is 5.48. The van der Waals surface area contributed by atoms with E-state index in [1.165, 1.54) is 38.1 Å². The van der Waals surface area contributed by atoms with Crippen LogP contribution in [-0.2, 0) is 0 Å². The number of nitro benzene ring substituents is 1. The van der Waals surface area contributed by atoms with Crippen molar-refractivity contribution in [2.24, 2.45) is 5.92 Å². The second kappa shape index (κ2) is 8.62. The molecular weight excluding hydrogens is 268 g/mol. The zero-order valence-electron chi connectivity index (χ0n) is 12.0. The molecule has 0 spiro atoms. The van der Waals surface area contributed by atoms with Gasteiger partial charge in [-0.2, -0.15) is 0 Å². The number of rotatable bonds is 6. The molecule has 5 nitrogen and oxygen atoms in total. The van der Waals surface area contributed by atoms with Gasteiger partial charge in [0.15, 0.2) is 0 Å². The second-order valence-corrected chi connectivity index (χ2v) is 5.48. The smallest absolute Gasteiger partial charge is 0.269 e. The molecule has 1 saturated heterocycles. The molecule has 0 radical (unpaired) electrons. The predicted octanol–water partition coefficient (Wildman–Crippen LogP) is 3.73. The first-order valence-corrected chi connectivity index (χ1v) is 7.25. The summed E-state index contributed by atoms with van der Waals surface area (Å²) in [4.78, 5) is 12.6. The summed E-state index contributed by atoms with van der Waals surface area (Å²) in [5.41, 5.74) is 0.0970. The Balaban J connectivity index is 0.00000220. The number of non-ortho nitro benzene ring substituents is 1. The van der Waals surface area contributed by atoms with Crippen molar-refractivity contribution in [3.8, 4) is 5.75 Å². The summed E-state index contributed by atoms with van der Waals surface area (Å²) in [7, 11) is 0. The van der Waals surface area contributed by atoms with Gasteiger partial charge in [0.05, 0.1) is 11.5 Å². The number of nitrogens with zero attached hydrogens (tertiary/aromatic N) is 2. The molecule has 118 valence electrons. The molecule has 1 aromatic carbocycles. The first kappa shape index (κ1) is 17.4. The maximum Gasteiger partial charge on any atom is 0.269 e. The first-order valence-electron chi connectivity index (χ1n) is 7.25. The molecule has 1 heterocycles. The number of hydrogen-bond donors (Lipinski definition) is 0. The van der Waals surface area contributed by atoms with Gasteiger partial charge < -0.3 is 9.64 Å². The quantitative estimate of drug-likeness (QED) is 0.456. The van der Waals surface area contributed by atoms with Crippen LogP contribution >= 0.6 is 0 Å². The lowest BCUT2D eigenvalue weighted by molar-refractivity contribution is -0.384. The van der Waals surface area contributed by atoms with Crippen molar-refractivity contribution in [1.82, 2.24) is 4.90 Å². The van der Waals surface area contributed by atoms with Crippen LogP contribution in [0.2, 0.25) is 0 Å². The molecule has 1 aromatic rings. The Morgan fingerprint density at radius 3 is 2.48 bits per heavy atom. The van der Waals surface area contributed by atoms with E-state index < -0.39 is 4.92 Å². The van der Waals surface area contributed by atoms with Crippen molar-refractivity contribution in [2.45, 2.75) is 33.6 Å². The van der Waals surface area contributed by atoms with Crippen molar-refractivity contribution in [1.29, 1.82) is 0 Å². The fourth-order valence-corrected chi connectivity index (χ4v) is 2.43. The highest BCUT2D eigenvalue weighted by Crippen LogP contribution is 2.18. The molecule has 1 aliphatic heterocycles. The van der Waals surface area contributed by atoms with E-state index in [-0.39, 0.29) is 13.1 Å². The number of benzene rings is 1. The van der Waals surface area contributed by atoms with Crippen LogP contribution in [0.1, 0.15) is 33.6 Å². The van der Waals surface area contributed by atoms with E-state index in [9.17, 15) is 10.1 Å². The fourth-order valence-electron chi connectivity index (χ4n) is 2.43. The molecule has 0 bridgehead atoms. The van der Waals surface area contributed by atoms with E-state index in [4.69, 9.17) is 4.74 Å². The Bertz CT molecular complexity index is 426. The lowest BCUT2D eigenvalue weighted by Gasteiger charge is -2.30. The molecule has 0 N–H and O–H groups in total. The third-order valence-electron chi connectivity index (χ3n) is 3.81. The number of piperidine rings is 1. The van der Waals surface area contributed by atoms with Gasteiger partial charge in [0, 0.05) is 18.7 Å². The number of hydrogen-bond acceptors (Lipinski definition) is 4. The first-order chi connectivity index (χ1) is 9.65. The van der Waals surface area contributed by atoms with Crippen LogP contribution in [0.5, 0.6) is 5.75 Å². The summed E-state index contributed by atoms with van der Waals surface area (Å²) in [6.45, 7) is 6.43. The van der Waals surface area contributed by atoms with Crippen LogP contribution in [0.15, 0.2) is 24.3 Å². The molecule has 0 aromatic heterocycles. The molecule has 0 saturated carbocycles. The van der Waals surface area contributed by atoms with E-state index in [0.717, 1.165) is 18.9 Å². The topological polar surface area (TPSA) is 55.6 Å². The third kappa shape index (κ3) is 5.71. The van der Waals surface area contributed by atoms with Crippen LogP contribution in [0, 0.1) is 16.0 Å². The lowest BCUT2D eigenvalue weighted by Crippen LogP contribution is -2.34. The van der Waals surface area contributed by atoms with E-state index >= 15 is 0 Å². The Labute approximate surface area is 127 Å². The van der Waals surface area contributed by atoms with Crippen molar-refractivity contribution in [2.75, 3.05) is 26.2 Å². The minimum absolute atomic E-state index is 0. The van der Waals surface area contributed by atoms with Gasteiger partial charge in [0.25, 0.3) is 5.69 Å². The summed E-state index contributed by atoms with van der Waals surface area (Å²) >= 11 is 0. The lowest BCUT2D eigenvalue weighted by atomic mass is 9.99. The van der Waals surface area contributed by atoms with Gasteiger partial charge in [-0.25, -0.2) is 0 Å². The van der Waals surface area contributed by atoms with Crippen LogP contribution in [0.4, 0.5) is 5.69 Å². The number of ether oxygens (including phenoxy) is 1. The van der Waals surface area contributed by atoms with Gasteiger partial charge in [-0.05, 0) is 50.4 Å². The van der Waals surface area contributed by atoms with Crippen molar-refractivity contribution < 1.29 is 9.66 Å². The summed E-state index contributed by atoms with van der Waals surface area (Å²) in [5, 5.41) is 10.5. The van der Waals surface area contributed by atoms with E-state index in [1.54, 1.807) is 12.1 Å². The SMILES string of the molecule is C.CC1CCN(CCCOc2ccc([N+](=O)[O-])cc2)CC1. The molecule has 21 heavy (non-hydrogen) atoms. The summed E-state index contributed by atoms with van der Waals surface area (Å²) < 4.78 is 5.60. The van der Waals surface area contributed by atoms with Crippen LogP contribution in [0.3, 0.4) is 0 Å². The minimum atomic E-state index is -0.402. The molecule has 0 unspecified atom stereocenters. The average molecular weight is 294 g/mol. The molecule has 0 aliphatic carbocycles. The Morgan fingerprint density at radius 2 is 1.90 bits per heavy atom. The molecular formula is C16H26N2O3. The van der Waals surface area contributed by atoms with Gasteiger partial charge in [-0.15, -0.1) is 0 Å². The van der Waals surface area contributed by atoms with E-state index in [1.807, 2.05) is 0 Å². The maximum atomic E-state index is 10.5. The standard InChI is InChI=1S/C15H22N2O3.CH4/c1-13-7-10-16(11-8-13)9-2-12-20-15-5-3-14(4-6-15)17(18)19;/h3-6,13H,2,7-12H2,1H3;1H4. The molecule has 0 amide bonds. The summed E-state index contributed by atoms with van der Waals surface area (Å²) in [5.74, 6) is 1.56. The molecule has 0 atom stereocenters. The highest BCUT2D eigenvalue weighted by atomic mass is 16.6. The maximum absolute atomic E-state index is 10.5. The van der Waals surface area contributed by atoms with Gasteiger partial charge in [0.1, 0.15) is 5.75 Å². The largest absolute Gasteiger partial charge is 0.494 e. The van der Waals surface area contributed by atoms with Crippen LogP contribution < -0.4 is 4.74 Å². The zero-order chi connectivity index (χ0) is 14.4. The van der Waals surface area contributed by atoms with Gasteiger partial charge in [0.2, 0.25) is 0 Å². The predicted molar refractivity (Wildman–Crippen MR) is 84.8 cm³/mol. The highest BCUT2D eigenvalue weighted by molar-refractivity contribution is 5.35. The zero-order valence-corrected chi connectivity index (χ0v) is 12.0. The molecule has 2 rings (SSSR count).